The minimum absolute atomic E-state index is 0.539. The van der Waals surface area contributed by atoms with Gasteiger partial charge in [-0.05, 0) is 17.2 Å². The average Bonchev–Trinajstić information content (AvgIpc) is 2.48. The van der Waals surface area contributed by atoms with E-state index in [2.05, 4.69) is 18.2 Å². The van der Waals surface area contributed by atoms with Gasteiger partial charge in [-0.2, -0.15) is 0 Å². The third kappa shape index (κ3) is 3.34. The van der Waals surface area contributed by atoms with Gasteiger partial charge >= 0.3 is 0 Å². The van der Waals surface area contributed by atoms with E-state index in [1.54, 1.807) is 7.11 Å². The first-order chi connectivity index (χ1) is 9.36. The first-order valence-corrected chi connectivity index (χ1v) is 6.36. The molecule has 0 aliphatic carbocycles. The molecule has 0 fully saturated rings. The van der Waals surface area contributed by atoms with Crippen LogP contribution in [0, 0.1) is 0 Å². The molecule has 0 aromatic heterocycles. The van der Waals surface area contributed by atoms with E-state index < -0.39 is 0 Å². The van der Waals surface area contributed by atoms with E-state index in [0.29, 0.717) is 19.8 Å². The van der Waals surface area contributed by atoms with Crippen LogP contribution in [-0.2, 0) is 11.3 Å². The molecule has 0 saturated carbocycles. The predicted octanol–water partition coefficient (Wildman–Crippen LogP) is 2.84. The third-order valence-corrected chi connectivity index (χ3v) is 2.93. The maximum Gasteiger partial charge on any atom is 0.126 e. The van der Waals surface area contributed by atoms with Crippen molar-refractivity contribution in [2.45, 2.75) is 6.61 Å². The molecule has 0 aliphatic rings. The molecule has 0 bridgehead atoms. The van der Waals surface area contributed by atoms with Crippen LogP contribution < -0.4 is 10.5 Å². The molecular weight excluding hydrogens is 238 g/mol. The van der Waals surface area contributed by atoms with Crippen LogP contribution in [0.25, 0.3) is 11.1 Å². The van der Waals surface area contributed by atoms with Gasteiger partial charge in [-0.3, -0.25) is 0 Å². The smallest absolute Gasteiger partial charge is 0.126 e. The monoisotopic (exact) mass is 257 g/mol. The summed E-state index contributed by atoms with van der Waals surface area (Å²) in [6, 6.07) is 16.2. The quantitative estimate of drug-likeness (QED) is 0.809. The van der Waals surface area contributed by atoms with Gasteiger partial charge in [-0.25, -0.2) is 0 Å². The van der Waals surface area contributed by atoms with Gasteiger partial charge in [0.2, 0.25) is 0 Å². The van der Waals surface area contributed by atoms with E-state index in [4.69, 9.17) is 15.2 Å². The summed E-state index contributed by atoms with van der Waals surface area (Å²) >= 11 is 0. The maximum atomic E-state index is 5.54. The van der Waals surface area contributed by atoms with Gasteiger partial charge in [0.1, 0.15) is 5.75 Å². The fourth-order valence-corrected chi connectivity index (χ4v) is 2.04. The Labute approximate surface area is 114 Å². The highest BCUT2D eigenvalue weighted by Crippen LogP contribution is 2.32. The fourth-order valence-electron chi connectivity index (χ4n) is 2.04. The predicted molar refractivity (Wildman–Crippen MR) is 77.1 cm³/mol. The van der Waals surface area contributed by atoms with Crippen LogP contribution in [0.5, 0.6) is 5.75 Å². The van der Waals surface area contributed by atoms with Crippen molar-refractivity contribution in [2.24, 2.45) is 5.73 Å². The molecule has 3 heteroatoms. The lowest BCUT2D eigenvalue weighted by Gasteiger charge is -2.13. The van der Waals surface area contributed by atoms with Crippen LogP contribution >= 0.6 is 0 Å². The number of ether oxygens (including phenoxy) is 2. The van der Waals surface area contributed by atoms with Crippen molar-refractivity contribution >= 4 is 0 Å². The molecule has 2 aromatic carbocycles. The molecule has 3 nitrogen and oxygen atoms in total. The molecule has 19 heavy (non-hydrogen) atoms. The summed E-state index contributed by atoms with van der Waals surface area (Å²) in [6.07, 6.45) is 0. The molecule has 2 N–H and O–H groups in total. The second-order valence-corrected chi connectivity index (χ2v) is 4.20. The van der Waals surface area contributed by atoms with Crippen molar-refractivity contribution in [2.75, 3.05) is 20.3 Å². The topological polar surface area (TPSA) is 44.5 Å². The lowest BCUT2D eigenvalue weighted by atomic mass is 9.99. The van der Waals surface area contributed by atoms with E-state index in [0.717, 1.165) is 22.4 Å². The number of rotatable bonds is 6. The number of para-hydroxylation sites is 1. The Balaban J connectivity index is 2.33. The Hall–Kier alpha value is -1.84. The Morgan fingerprint density at radius 2 is 1.63 bits per heavy atom. The summed E-state index contributed by atoms with van der Waals surface area (Å²) in [4.78, 5) is 0. The number of benzene rings is 2. The van der Waals surface area contributed by atoms with Crippen LogP contribution in [0.2, 0.25) is 0 Å². The van der Waals surface area contributed by atoms with Gasteiger partial charge in [0, 0.05) is 12.1 Å². The summed E-state index contributed by atoms with van der Waals surface area (Å²) in [5.74, 6) is 0.869. The third-order valence-electron chi connectivity index (χ3n) is 2.93. The lowest BCUT2D eigenvalue weighted by molar-refractivity contribution is 0.128. The summed E-state index contributed by atoms with van der Waals surface area (Å²) in [6.45, 7) is 1.67. The molecule has 2 aromatic rings. The summed E-state index contributed by atoms with van der Waals surface area (Å²) in [7, 11) is 1.69. The molecule has 0 saturated heterocycles. The molecule has 2 rings (SSSR count). The average molecular weight is 257 g/mol. The maximum absolute atomic E-state index is 5.54. The van der Waals surface area contributed by atoms with Crippen LogP contribution in [0.15, 0.2) is 48.5 Å². The van der Waals surface area contributed by atoms with E-state index in [-0.39, 0.29) is 0 Å². The zero-order valence-electron chi connectivity index (χ0n) is 11.1. The normalized spacial score (nSPS) is 10.4. The standard InChI is InChI=1S/C16H19NO2/c1-18-16-9-5-4-8-15(16)14-7-3-2-6-13(14)12-19-11-10-17/h2-9H,10-12,17H2,1H3. The van der Waals surface area contributed by atoms with Crippen molar-refractivity contribution in [3.05, 3.63) is 54.1 Å². The Morgan fingerprint density at radius 3 is 2.37 bits per heavy atom. The molecule has 0 heterocycles. The highest BCUT2D eigenvalue weighted by molar-refractivity contribution is 5.73. The fraction of sp³-hybridized carbons (Fsp3) is 0.250. The summed E-state index contributed by atoms with van der Waals surface area (Å²) < 4.78 is 11.0. The van der Waals surface area contributed by atoms with Crippen molar-refractivity contribution < 1.29 is 9.47 Å². The van der Waals surface area contributed by atoms with E-state index >= 15 is 0 Å². The largest absolute Gasteiger partial charge is 0.496 e. The van der Waals surface area contributed by atoms with Crippen molar-refractivity contribution in [1.82, 2.24) is 0 Å². The van der Waals surface area contributed by atoms with Crippen molar-refractivity contribution in [3.63, 3.8) is 0 Å². The van der Waals surface area contributed by atoms with Gasteiger partial charge < -0.3 is 15.2 Å². The first kappa shape index (κ1) is 13.6. The van der Waals surface area contributed by atoms with Crippen LogP contribution in [0.1, 0.15) is 5.56 Å². The lowest BCUT2D eigenvalue weighted by Crippen LogP contribution is -2.08. The molecule has 0 atom stereocenters. The second-order valence-electron chi connectivity index (χ2n) is 4.20. The van der Waals surface area contributed by atoms with Gasteiger partial charge in [-0.1, -0.05) is 42.5 Å². The number of hydrogen-bond acceptors (Lipinski definition) is 3. The summed E-state index contributed by atoms with van der Waals surface area (Å²) in [5.41, 5.74) is 8.80. The first-order valence-electron chi connectivity index (χ1n) is 6.36. The van der Waals surface area contributed by atoms with Crippen LogP contribution in [-0.4, -0.2) is 20.3 Å². The zero-order valence-corrected chi connectivity index (χ0v) is 11.1. The highest BCUT2D eigenvalue weighted by Gasteiger charge is 2.09. The van der Waals surface area contributed by atoms with Crippen molar-refractivity contribution in [1.29, 1.82) is 0 Å². The molecule has 0 radical (unpaired) electrons. The van der Waals surface area contributed by atoms with Gasteiger partial charge in [-0.15, -0.1) is 0 Å². The summed E-state index contributed by atoms with van der Waals surface area (Å²) in [5, 5.41) is 0. The molecule has 100 valence electrons. The number of hydrogen-bond donors (Lipinski definition) is 1. The number of methoxy groups -OCH3 is 1. The molecule has 0 aliphatic heterocycles. The van der Waals surface area contributed by atoms with Gasteiger partial charge in [0.05, 0.1) is 20.3 Å². The Kier molecular flexibility index (Phi) is 4.95. The van der Waals surface area contributed by atoms with E-state index in [1.165, 1.54) is 0 Å². The molecule has 0 unspecified atom stereocenters. The van der Waals surface area contributed by atoms with Crippen LogP contribution in [0.4, 0.5) is 0 Å². The molecule has 0 spiro atoms. The van der Waals surface area contributed by atoms with Crippen molar-refractivity contribution in [3.8, 4) is 16.9 Å². The molecule has 0 amide bonds. The number of nitrogens with two attached hydrogens (primary N) is 1. The Bertz CT molecular complexity index is 526. The van der Waals surface area contributed by atoms with E-state index in [1.807, 2.05) is 30.3 Å². The van der Waals surface area contributed by atoms with Crippen LogP contribution in [0.3, 0.4) is 0 Å². The Morgan fingerprint density at radius 1 is 0.947 bits per heavy atom. The van der Waals surface area contributed by atoms with Gasteiger partial charge in [0.25, 0.3) is 0 Å². The zero-order chi connectivity index (χ0) is 13.5. The minimum atomic E-state index is 0.539. The highest BCUT2D eigenvalue weighted by atomic mass is 16.5. The van der Waals surface area contributed by atoms with E-state index in [9.17, 15) is 0 Å². The molecular formula is C16H19NO2. The minimum Gasteiger partial charge on any atom is -0.496 e. The second kappa shape index (κ2) is 6.92. The van der Waals surface area contributed by atoms with Gasteiger partial charge in [0.15, 0.2) is 0 Å². The SMILES string of the molecule is COc1ccccc1-c1ccccc1COCCN.